The molecule has 2 aliphatic heterocycles. The van der Waals surface area contributed by atoms with Gasteiger partial charge in [-0.1, -0.05) is 6.07 Å². The summed E-state index contributed by atoms with van der Waals surface area (Å²) in [6, 6.07) is 6.34. The molecule has 2 aromatic rings. The highest BCUT2D eigenvalue weighted by Gasteiger charge is 2.50. The van der Waals surface area contributed by atoms with Gasteiger partial charge in [0.1, 0.15) is 0 Å². The number of nitrogens with one attached hydrogen (secondary N) is 4. The lowest BCUT2D eigenvalue weighted by molar-refractivity contribution is -0.140. The van der Waals surface area contributed by atoms with Crippen LogP contribution in [0.5, 0.6) is 0 Å². The van der Waals surface area contributed by atoms with E-state index in [0.29, 0.717) is 18.5 Å². The number of hydrogen-bond donors (Lipinski definition) is 4. The van der Waals surface area contributed by atoms with Gasteiger partial charge in [0.25, 0.3) is 0 Å². The first-order chi connectivity index (χ1) is 14.6. The van der Waals surface area contributed by atoms with E-state index >= 15 is 0 Å². The maximum atomic E-state index is 13.4. The van der Waals surface area contributed by atoms with Gasteiger partial charge in [-0.3, -0.25) is 9.69 Å². The van der Waals surface area contributed by atoms with Crippen LogP contribution in [0.25, 0.3) is 11.0 Å². The molecular formula is C22H31N5O3. The Morgan fingerprint density at radius 2 is 2.03 bits per heavy atom. The Bertz CT molecular complexity index is 963. The van der Waals surface area contributed by atoms with E-state index in [2.05, 4.69) is 25.5 Å². The van der Waals surface area contributed by atoms with Crippen molar-refractivity contribution in [3.05, 3.63) is 34.2 Å². The molecule has 5 rings (SSSR count). The Morgan fingerprint density at radius 1 is 1.20 bits per heavy atom. The van der Waals surface area contributed by atoms with Crippen LogP contribution in [-0.2, 0) is 16.1 Å². The van der Waals surface area contributed by atoms with Gasteiger partial charge in [-0.05, 0) is 55.8 Å². The third-order valence-electron chi connectivity index (χ3n) is 7.42. The monoisotopic (exact) mass is 413 g/mol. The number of piperidine rings is 1. The molecule has 0 unspecified atom stereocenters. The number of amides is 1. The molecular weight excluding hydrogens is 382 g/mol. The second kappa shape index (κ2) is 8.17. The van der Waals surface area contributed by atoms with Crippen LogP contribution in [-0.4, -0.2) is 66.2 Å². The number of aromatic nitrogens is 2. The number of fused-ring (bicyclic) bond motifs is 2. The van der Waals surface area contributed by atoms with Crippen molar-refractivity contribution in [2.75, 3.05) is 39.4 Å². The zero-order valence-electron chi connectivity index (χ0n) is 17.3. The minimum atomic E-state index is -0.312. The summed E-state index contributed by atoms with van der Waals surface area (Å²) in [6.07, 6.45) is 4.17. The average Bonchev–Trinajstić information content (AvgIpc) is 3.16. The molecule has 3 atom stereocenters. The highest BCUT2D eigenvalue weighted by atomic mass is 16.5. The van der Waals surface area contributed by atoms with Gasteiger partial charge in [-0.15, -0.1) is 0 Å². The molecule has 1 amide bonds. The minimum absolute atomic E-state index is 0.169. The van der Waals surface area contributed by atoms with Crippen molar-refractivity contribution in [2.45, 2.75) is 38.3 Å². The first-order valence-corrected chi connectivity index (χ1v) is 11.2. The highest BCUT2D eigenvalue weighted by Crippen LogP contribution is 2.46. The number of aromatic amines is 2. The van der Waals surface area contributed by atoms with Gasteiger partial charge in [-0.2, -0.15) is 0 Å². The van der Waals surface area contributed by atoms with Gasteiger partial charge in [0.2, 0.25) is 5.91 Å². The van der Waals surface area contributed by atoms with Crippen LogP contribution in [0, 0.1) is 11.3 Å². The predicted octanol–water partition coefficient (Wildman–Crippen LogP) is 0.953. The van der Waals surface area contributed by atoms with Crippen molar-refractivity contribution in [3.63, 3.8) is 0 Å². The molecule has 1 aromatic carbocycles. The Kier molecular flexibility index (Phi) is 5.39. The van der Waals surface area contributed by atoms with Crippen molar-refractivity contribution >= 4 is 16.9 Å². The van der Waals surface area contributed by atoms with Crippen LogP contribution in [0.1, 0.15) is 31.2 Å². The third kappa shape index (κ3) is 3.68. The number of imidazole rings is 1. The summed E-state index contributed by atoms with van der Waals surface area (Å²) in [7, 11) is 0. The molecule has 8 heteroatoms. The molecule has 3 heterocycles. The Morgan fingerprint density at radius 3 is 2.90 bits per heavy atom. The van der Waals surface area contributed by atoms with E-state index in [1.807, 2.05) is 18.2 Å². The number of morpholine rings is 1. The predicted molar refractivity (Wildman–Crippen MR) is 114 cm³/mol. The van der Waals surface area contributed by atoms with Gasteiger partial charge < -0.3 is 25.3 Å². The van der Waals surface area contributed by atoms with E-state index in [1.54, 1.807) is 0 Å². The molecule has 162 valence electrons. The summed E-state index contributed by atoms with van der Waals surface area (Å²) in [5, 5.41) is 6.70. The van der Waals surface area contributed by atoms with Crippen molar-refractivity contribution in [2.24, 2.45) is 11.3 Å². The zero-order chi connectivity index (χ0) is 20.6. The number of hydrogen-bond acceptors (Lipinski definition) is 5. The molecule has 1 aliphatic carbocycles. The molecule has 30 heavy (non-hydrogen) atoms. The van der Waals surface area contributed by atoms with Gasteiger partial charge in [0.15, 0.2) is 0 Å². The van der Waals surface area contributed by atoms with E-state index in [-0.39, 0.29) is 17.0 Å². The summed E-state index contributed by atoms with van der Waals surface area (Å²) < 4.78 is 5.52. The fourth-order valence-electron chi connectivity index (χ4n) is 5.72. The summed E-state index contributed by atoms with van der Waals surface area (Å²) >= 11 is 0. The summed E-state index contributed by atoms with van der Waals surface area (Å²) in [5.74, 6) is 0.589. The Labute approximate surface area is 175 Å². The van der Waals surface area contributed by atoms with Gasteiger partial charge in [-0.25, -0.2) is 4.79 Å². The number of H-pyrrole nitrogens is 2. The minimum Gasteiger partial charge on any atom is -0.379 e. The van der Waals surface area contributed by atoms with Crippen molar-refractivity contribution in [3.8, 4) is 0 Å². The fraction of sp³-hybridized carbons (Fsp3) is 0.636. The largest absolute Gasteiger partial charge is 0.379 e. The van der Waals surface area contributed by atoms with Crippen LogP contribution in [0.15, 0.2) is 23.0 Å². The topological polar surface area (TPSA) is 102 Å². The summed E-state index contributed by atoms with van der Waals surface area (Å²) in [4.78, 5) is 33.0. The van der Waals surface area contributed by atoms with Crippen LogP contribution in [0.4, 0.5) is 0 Å². The first kappa shape index (κ1) is 19.8. The van der Waals surface area contributed by atoms with Crippen molar-refractivity contribution in [1.82, 2.24) is 25.5 Å². The fourth-order valence-corrected chi connectivity index (χ4v) is 5.72. The van der Waals surface area contributed by atoms with Gasteiger partial charge in [0.05, 0.1) is 29.7 Å². The van der Waals surface area contributed by atoms with Crippen LogP contribution >= 0.6 is 0 Å². The van der Waals surface area contributed by atoms with E-state index in [9.17, 15) is 9.59 Å². The van der Waals surface area contributed by atoms with Crippen LogP contribution in [0.3, 0.4) is 0 Å². The molecule has 4 N–H and O–H groups in total. The second-order valence-electron chi connectivity index (χ2n) is 9.04. The standard InChI is InChI=1S/C22H31N5O3/c28-20(24-13-15-1-2-18-19(11-15)26-21(29)25-18)22-5-3-17(27-7-9-30-10-8-27)12-16(22)4-6-23-14-22/h1-2,11,16-17,23H,3-10,12-14H2,(H,24,28)(H2,25,26,29)/t16-,17+,22-/m1/s1. The van der Waals surface area contributed by atoms with Crippen molar-refractivity contribution in [1.29, 1.82) is 0 Å². The van der Waals surface area contributed by atoms with Crippen LogP contribution in [0.2, 0.25) is 0 Å². The molecule has 0 spiro atoms. The molecule has 2 saturated heterocycles. The summed E-state index contributed by atoms with van der Waals surface area (Å²) in [6.45, 7) is 5.91. The number of carbonyl (C=O) groups is 1. The first-order valence-electron chi connectivity index (χ1n) is 11.2. The summed E-state index contributed by atoms with van der Waals surface area (Å²) in [5.41, 5.74) is 2.02. The Balaban J connectivity index is 1.27. The maximum absolute atomic E-state index is 13.4. The Hall–Kier alpha value is -2.16. The number of nitrogens with zero attached hydrogens (tertiary/aromatic N) is 1. The molecule has 3 fully saturated rings. The lowest BCUT2D eigenvalue weighted by atomic mass is 9.61. The smallest absolute Gasteiger partial charge is 0.323 e. The molecule has 1 saturated carbocycles. The molecule has 1 aromatic heterocycles. The lowest BCUT2D eigenvalue weighted by Gasteiger charge is -2.50. The van der Waals surface area contributed by atoms with Crippen LogP contribution < -0.4 is 16.3 Å². The zero-order valence-corrected chi connectivity index (χ0v) is 17.3. The van der Waals surface area contributed by atoms with Gasteiger partial charge in [0, 0.05) is 32.2 Å². The molecule has 0 bridgehead atoms. The second-order valence-corrected chi connectivity index (χ2v) is 9.04. The van der Waals surface area contributed by atoms with E-state index < -0.39 is 0 Å². The van der Waals surface area contributed by atoms with Crippen molar-refractivity contribution < 1.29 is 9.53 Å². The highest BCUT2D eigenvalue weighted by molar-refractivity contribution is 5.84. The average molecular weight is 414 g/mol. The van der Waals surface area contributed by atoms with E-state index in [4.69, 9.17) is 4.74 Å². The molecule has 8 nitrogen and oxygen atoms in total. The van der Waals surface area contributed by atoms with E-state index in [1.165, 1.54) is 0 Å². The third-order valence-corrected chi connectivity index (χ3v) is 7.42. The number of ether oxygens (including phenoxy) is 1. The lowest BCUT2D eigenvalue weighted by Crippen LogP contribution is -2.60. The quantitative estimate of drug-likeness (QED) is 0.598. The number of carbonyl (C=O) groups excluding carboxylic acids is 1. The normalized spacial score (nSPS) is 30.1. The van der Waals surface area contributed by atoms with Gasteiger partial charge >= 0.3 is 5.69 Å². The number of benzene rings is 1. The number of rotatable bonds is 4. The molecule has 3 aliphatic rings. The molecule has 0 radical (unpaired) electrons. The maximum Gasteiger partial charge on any atom is 0.323 e. The van der Waals surface area contributed by atoms with E-state index in [0.717, 1.165) is 81.7 Å². The SMILES string of the molecule is O=C(NCc1ccc2[nH]c(=O)[nH]c2c1)[C@@]12CC[C@H](N3CCOCC3)C[C@H]1CCNC2.